The number of nitrogens with one attached hydrogen (secondary N) is 3. The molecule has 13 rings (SSSR count). The molecule has 5 amide bonds. The second-order valence-corrected chi connectivity index (χ2v) is 30.8. The van der Waals surface area contributed by atoms with Gasteiger partial charge in [-0.1, -0.05) is 87.0 Å². The number of hydrogen-bond acceptors (Lipinski definition) is 17. The fourth-order valence-electron chi connectivity index (χ4n) is 16.2. The van der Waals surface area contributed by atoms with Gasteiger partial charge in [-0.15, -0.1) is 5.53 Å². The van der Waals surface area contributed by atoms with Gasteiger partial charge in [-0.05, 0) is 168 Å². The van der Waals surface area contributed by atoms with Gasteiger partial charge in [0.2, 0.25) is 11.8 Å². The van der Waals surface area contributed by atoms with Gasteiger partial charge in [0, 0.05) is 92.4 Å². The largest absolute Gasteiger partial charge is 0.493 e. The molecule has 2 aliphatic carbocycles. The predicted octanol–water partition coefficient (Wildman–Crippen LogP) is 12.0. The van der Waals surface area contributed by atoms with Crippen molar-refractivity contribution in [3.05, 3.63) is 142 Å². The molecule has 4 fully saturated rings. The van der Waals surface area contributed by atoms with E-state index in [4.69, 9.17) is 23.7 Å². The van der Waals surface area contributed by atoms with Crippen molar-refractivity contribution in [2.24, 2.45) is 22.7 Å². The van der Waals surface area contributed by atoms with E-state index in [9.17, 15) is 43.5 Å². The first kappa shape index (κ1) is 73.0. The summed E-state index contributed by atoms with van der Waals surface area (Å²) in [6, 6.07) is 28.8. The van der Waals surface area contributed by atoms with Crippen LogP contribution in [0.3, 0.4) is 0 Å². The van der Waals surface area contributed by atoms with Crippen LogP contribution in [0, 0.1) is 22.7 Å². The molecule has 6 heterocycles. The van der Waals surface area contributed by atoms with Crippen molar-refractivity contribution in [3.63, 3.8) is 0 Å². The van der Waals surface area contributed by atoms with Gasteiger partial charge in [0.05, 0.1) is 74.4 Å². The number of ketones is 3. The molecule has 2 saturated carbocycles. The lowest BCUT2D eigenvalue weighted by atomic mass is 9.88. The zero-order valence-corrected chi connectivity index (χ0v) is 61.2. The molecular formula is C82H100N8O14. The fourth-order valence-corrected chi connectivity index (χ4v) is 16.2. The standard InChI is InChI=1S/C82H100N8O14/c1-50(2)62(40-59(92)20-11-8-10-19-58(91)30-31-73(94)86-46-56-18-12-13-21-60(56)75-74(84-85-90(75)51(3)4)61-22-14-15-23-65(61)86)76(95)83-52(5)68(93)38-53-24-26-54(27-25-53)47-104-80(99)89-66-43-72(70(101-7)42-64(66)78(97)88-49-82(34-35-82)45-67(88)79(89)98)103-37-17-9-16-36-102-71-39-55-28-29-57-44-81(32-33-81)48-87(57)77(96)63(55)41-69(71)100-6/h12-15,18,21-27,39,41-43,50-52,57,62,67,79,84-85,98H,8-11,16-17,19-20,28-38,40,44-49H2,1-7H3,(H,83,95)/t52-,57+,62-,67-,79-/m0/s1. The van der Waals surface area contributed by atoms with Gasteiger partial charge in [-0.25, -0.2) is 9.69 Å². The third kappa shape index (κ3) is 15.7. The van der Waals surface area contributed by atoms with E-state index in [1.54, 1.807) is 60.2 Å². The lowest BCUT2D eigenvalue weighted by Crippen LogP contribution is -2.50. The highest BCUT2D eigenvalue weighted by Gasteiger charge is 2.58. The van der Waals surface area contributed by atoms with E-state index in [2.05, 4.69) is 46.1 Å². The number of aliphatic hydroxyl groups excluding tert-OH is 1. The van der Waals surface area contributed by atoms with Crippen molar-refractivity contribution >= 4 is 69.8 Å². The molecule has 0 aromatic heterocycles. The molecule has 0 radical (unpaired) electrons. The Hall–Kier alpha value is -9.28. The summed E-state index contributed by atoms with van der Waals surface area (Å²) in [5.74, 6) is -0.150. The summed E-state index contributed by atoms with van der Waals surface area (Å²) in [6.07, 6.45) is 9.98. The van der Waals surface area contributed by atoms with Crippen LogP contribution in [0.2, 0.25) is 0 Å². The molecule has 8 aliphatic rings. The zero-order valence-electron chi connectivity index (χ0n) is 61.2. The SMILES string of the molecule is COc1cc2c(cc1OCCCCCOc1cc3c(cc1OC)C(=O)N1CC4(CC4)C[C@H]1[C@H](O)N3C(=O)OCc1ccc(CC(=O)[C@H](C)NC(=O)[C@@H](CC(=O)CCCCCC(=O)CCC(=O)N3Cc4ccccc4C4=C(NNN4C(C)C)c4ccccc43)C(C)C)cc1)CC[C@@H]1CC3(CC3)CN1C2=O. The van der Waals surface area contributed by atoms with E-state index in [1.807, 2.05) is 68.4 Å². The molecule has 22 heteroatoms. The van der Waals surface area contributed by atoms with E-state index < -0.39 is 30.3 Å². The fraction of sp³-hybridized carbons (Fsp3) is 0.512. The van der Waals surface area contributed by atoms with Crippen molar-refractivity contribution in [1.82, 2.24) is 31.1 Å². The molecule has 104 heavy (non-hydrogen) atoms. The van der Waals surface area contributed by atoms with Gasteiger partial charge >= 0.3 is 6.09 Å². The summed E-state index contributed by atoms with van der Waals surface area (Å²) in [4.78, 5) is 117. The molecule has 22 nitrogen and oxygen atoms in total. The minimum absolute atomic E-state index is 0.00290. The van der Waals surface area contributed by atoms with Crippen LogP contribution in [-0.4, -0.2) is 138 Å². The lowest BCUT2D eigenvalue weighted by Gasteiger charge is -2.31. The first-order valence-corrected chi connectivity index (χ1v) is 37.6. The van der Waals surface area contributed by atoms with E-state index in [-0.39, 0.29) is 127 Å². The number of carbonyl (C=O) groups excluding carboxylic acids is 8. The smallest absolute Gasteiger partial charge is 0.416 e. The number of rotatable bonds is 30. The van der Waals surface area contributed by atoms with Crippen LogP contribution in [-0.2, 0) is 54.7 Å². The summed E-state index contributed by atoms with van der Waals surface area (Å²) in [5.41, 5.74) is 15.8. The maximum Gasteiger partial charge on any atom is 0.416 e. The van der Waals surface area contributed by atoms with Crippen LogP contribution in [0.25, 0.3) is 11.4 Å². The Morgan fingerprint density at radius 3 is 1.95 bits per heavy atom. The van der Waals surface area contributed by atoms with Crippen molar-refractivity contribution in [3.8, 4) is 23.0 Å². The first-order chi connectivity index (χ1) is 50.1. The Balaban J connectivity index is 0.550. The van der Waals surface area contributed by atoms with Crippen LogP contribution in [0.15, 0.2) is 97.1 Å². The topological polar surface area (TPSA) is 255 Å². The average molecular weight is 1420 g/mol. The maximum atomic E-state index is 14.5. The Labute approximate surface area is 609 Å². The number of ether oxygens (including phenoxy) is 5. The number of hydrogen-bond donors (Lipinski definition) is 4. The Morgan fingerprint density at radius 2 is 1.26 bits per heavy atom. The quantitative estimate of drug-likeness (QED) is 0.0312. The minimum Gasteiger partial charge on any atom is -0.493 e. The number of nitrogens with zero attached hydrogens (tertiary/aromatic N) is 5. The molecule has 4 N–H and O–H groups in total. The number of carbonyl (C=O) groups is 8. The van der Waals surface area contributed by atoms with Crippen molar-refractivity contribution in [2.75, 3.05) is 50.3 Å². The molecule has 552 valence electrons. The Bertz CT molecular complexity index is 4140. The number of hydrazine groups is 2. The van der Waals surface area contributed by atoms with Gasteiger partial charge in [0.15, 0.2) is 35.0 Å². The molecule has 5 aromatic rings. The molecule has 0 bridgehead atoms. The van der Waals surface area contributed by atoms with Crippen molar-refractivity contribution < 1.29 is 67.1 Å². The predicted molar refractivity (Wildman–Crippen MR) is 392 cm³/mol. The van der Waals surface area contributed by atoms with Gasteiger partial charge in [-0.2, -0.15) is 0 Å². The minimum atomic E-state index is -1.43. The van der Waals surface area contributed by atoms with E-state index in [0.29, 0.717) is 104 Å². The number of benzene rings is 5. The number of anilines is 2. The number of methoxy groups -OCH3 is 2. The lowest BCUT2D eigenvalue weighted by molar-refractivity contribution is -0.133. The van der Waals surface area contributed by atoms with Crippen LogP contribution < -0.4 is 45.0 Å². The molecule has 2 spiro atoms. The van der Waals surface area contributed by atoms with Crippen LogP contribution >= 0.6 is 0 Å². The first-order valence-electron chi connectivity index (χ1n) is 37.6. The highest BCUT2D eigenvalue weighted by molar-refractivity contribution is 6.07. The maximum absolute atomic E-state index is 14.5. The average Bonchev–Trinajstić information content (AvgIpc) is 1.57. The summed E-state index contributed by atoms with van der Waals surface area (Å²) in [7, 11) is 3.08. The van der Waals surface area contributed by atoms with Crippen molar-refractivity contribution in [1.29, 1.82) is 0 Å². The van der Waals surface area contributed by atoms with Gasteiger partial charge < -0.3 is 54.2 Å². The van der Waals surface area contributed by atoms with E-state index in [1.165, 1.54) is 20.0 Å². The third-order valence-electron chi connectivity index (χ3n) is 22.7. The van der Waals surface area contributed by atoms with E-state index >= 15 is 0 Å². The molecular weight excluding hydrogens is 1320 g/mol. The number of fused-ring (bicyclic) bond motifs is 8. The normalized spacial score (nSPS) is 19.8. The van der Waals surface area contributed by atoms with Gasteiger partial charge in [-0.3, -0.25) is 38.6 Å². The molecule has 2 saturated heterocycles. The van der Waals surface area contributed by atoms with Crippen LogP contribution in [0.4, 0.5) is 16.2 Å². The summed E-state index contributed by atoms with van der Waals surface area (Å²) >= 11 is 0. The highest BCUT2D eigenvalue weighted by atomic mass is 16.6. The van der Waals surface area contributed by atoms with Crippen LogP contribution in [0.5, 0.6) is 23.0 Å². The molecule has 0 unspecified atom stereocenters. The number of Topliss-reactive ketones (excluding diaryl/α,β-unsaturated/α-hetero) is 3. The van der Waals surface area contributed by atoms with E-state index in [0.717, 1.165) is 89.3 Å². The molecule has 5 aromatic carbocycles. The monoisotopic (exact) mass is 1420 g/mol. The van der Waals surface area contributed by atoms with Gasteiger partial charge in [0.1, 0.15) is 18.2 Å². The zero-order chi connectivity index (χ0) is 73.1. The highest BCUT2D eigenvalue weighted by Crippen LogP contribution is 2.58. The third-order valence-corrected chi connectivity index (χ3v) is 22.7. The second kappa shape index (κ2) is 31.2. The number of aliphatic hydroxyl groups is 1. The Kier molecular flexibility index (Phi) is 21.9. The number of unbranched alkanes of at least 4 members (excludes halogenated alkanes) is 4. The molecule has 6 aliphatic heterocycles. The second-order valence-electron chi connectivity index (χ2n) is 30.8. The Morgan fingerprint density at radius 1 is 0.635 bits per heavy atom. The molecule has 5 atom stereocenters. The van der Waals surface area contributed by atoms with Gasteiger partial charge in [0.25, 0.3) is 11.8 Å². The number of aryl methyl sites for hydroxylation is 1. The summed E-state index contributed by atoms with van der Waals surface area (Å²) < 4.78 is 30.1. The summed E-state index contributed by atoms with van der Waals surface area (Å²) in [6.45, 7) is 11.8. The van der Waals surface area contributed by atoms with Crippen molar-refractivity contribution in [2.45, 2.75) is 207 Å². The van der Waals surface area contributed by atoms with Crippen LogP contribution in [0.1, 0.15) is 204 Å². The number of para-hydroxylation sites is 1. The summed E-state index contributed by atoms with van der Waals surface area (Å²) in [5, 5.41) is 17.2. The number of amides is 5.